The Kier molecular flexibility index (Phi) is 7.01. The van der Waals surface area contributed by atoms with E-state index in [9.17, 15) is 10.1 Å². The van der Waals surface area contributed by atoms with Crippen molar-refractivity contribution in [1.82, 2.24) is 10.3 Å². The zero-order chi connectivity index (χ0) is 22.2. The van der Waals surface area contributed by atoms with Crippen molar-refractivity contribution in [2.45, 2.75) is 5.75 Å². The van der Waals surface area contributed by atoms with Gasteiger partial charge in [-0.3, -0.25) is 4.79 Å². The van der Waals surface area contributed by atoms with Gasteiger partial charge in [-0.2, -0.15) is 17.0 Å². The highest BCUT2D eigenvalue weighted by atomic mass is 32.2. The molecule has 0 unspecified atom stereocenters. The minimum absolute atomic E-state index is 0.168. The minimum atomic E-state index is -0.168. The monoisotopic (exact) mass is 439 g/mol. The van der Waals surface area contributed by atoms with Gasteiger partial charge in [0.25, 0.3) is 5.91 Å². The average molecular weight is 440 g/mol. The predicted molar refractivity (Wildman–Crippen MR) is 127 cm³/mol. The van der Waals surface area contributed by atoms with E-state index in [4.69, 9.17) is 4.42 Å². The third kappa shape index (κ3) is 5.08. The van der Waals surface area contributed by atoms with Crippen LogP contribution in [-0.2, 0) is 5.75 Å². The van der Waals surface area contributed by atoms with Crippen molar-refractivity contribution < 1.29 is 9.21 Å². The highest BCUT2D eigenvalue weighted by molar-refractivity contribution is 7.98. The van der Waals surface area contributed by atoms with E-state index >= 15 is 0 Å². The molecule has 0 fully saturated rings. The average Bonchev–Trinajstić information content (AvgIpc) is 3.35. The fourth-order valence-corrected chi connectivity index (χ4v) is 4.13. The summed E-state index contributed by atoms with van der Waals surface area (Å²) in [5.74, 6) is 2.37. The van der Waals surface area contributed by atoms with Crippen LogP contribution in [0.3, 0.4) is 0 Å². The van der Waals surface area contributed by atoms with Crippen molar-refractivity contribution in [3.8, 4) is 28.8 Å². The Labute approximate surface area is 191 Å². The number of amides is 1. The van der Waals surface area contributed by atoms with E-state index in [-0.39, 0.29) is 5.91 Å². The van der Waals surface area contributed by atoms with Gasteiger partial charge in [-0.25, -0.2) is 4.98 Å². The normalized spacial score (nSPS) is 10.5. The molecule has 6 heteroatoms. The number of carbonyl (C=O) groups excluding carboxylic acids is 1. The molecule has 0 aliphatic carbocycles. The van der Waals surface area contributed by atoms with Crippen LogP contribution >= 0.6 is 11.8 Å². The minimum Gasteiger partial charge on any atom is -0.436 e. The number of nitriles is 1. The standard InChI is InChI=1S/C26H21N3O2S/c27-16-20-10-4-5-11-21(20)18-32-15-14-28-25(30)22-12-6-7-13-23(22)26-29-17-24(31-26)19-8-2-1-3-9-19/h1-13,17H,14-15,18H2,(H,28,30). The van der Waals surface area contributed by atoms with E-state index in [2.05, 4.69) is 16.4 Å². The topological polar surface area (TPSA) is 78.9 Å². The Morgan fingerprint density at radius 1 is 1.00 bits per heavy atom. The van der Waals surface area contributed by atoms with Crippen molar-refractivity contribution in [3.63, 3.8) is 0 Å². The van der Waals surface area contributed by atoms with Crippen LogP contribution < -0.4 is 5.32 Å². The van der Waals surface area contributed by atoms with Crippen LogP contribution in [0.5, 0.6) is 0 Å². The molecule has 1 aromatic heterocycles. The number of nitrogens with zero attached hydrogens (tertiary/aromatic N) is 2. The number of hydrogen-bond acceptors (Lipinski definition) is 5. The summed E-state index contributed by atoms with van der Waals surface area (Å²) in [4.78, 5) is 17.2. The molecule has 1 N–H and O–H groups in total. The maximum Gasteiger partial charge on any atom is 0.252 e. The fraction of sp³-hybridized carbons (Fsp3) is 0.115. The highest BCUT2D eigenvalue weighted by Gasteiger charge is 2.16. The van der Waals surface area contributed by atoms with Crippen LogP contribution in [-0.4, -0.2) is 23.2 Å². The molecule has 0 radical (unpaired) electrons. The lowest BCUT2D eigenvalue weighted by atomic mass is 10.1. The molecule has 4 aromatic rings. The lowest BCUT2D eigenvalue weighted by molar-refractivity contribution is 0.0956. The second-order valence-corrected chi connectivity index (χ2v) is 8.12. The third-order valence-corrected chi connectivity index (χ3v) is 5.90. The first kappa shape index (κ1) is 21.4. The van der Waals surface area contributed by atoms with E-state index < -0.39 is 0 Å². The van der Waals surface area contributed by atoms with Crippen LogP contribution in [0.25, 0.3) is 22.8 Å². The molecule has 0 atom stereocenters. The molecule has 32 heavy (non-hydrogen) atoms. The number of oxazole rings is 1. The Morgan fingerprint density at radius 2 is 1.75 bits per heavy atom. The first-order valence-electron chi connectivity index (χ1n) is 10.2. The number of nitrogens with one attached hydrogen (secondary N) is 1. The highest BCUT2D eigenvalue weighted by Crippen LogP contribution is 2.28. The van der Waals surface area contributed by atoms with Crippen molar-refractivity contribution in [1.29, 1.82) is 5.26 Å². The molecule has 3 aromatic carbocycles. The summed E-state index contributed by atoms with van der Waals surface area (Å²) in [6, 6.07) is 26.8. The molecule has 5 nitrogen and oxygen atoms in total. The van der Waals surface area contributed by atoms with Crippen molar-refractivity contribution in [2.24, 2.45) is 0 Å². The number of rotatable bonds is 8. The van der Waals surface area contributed by atoms with Gasteiger partial charge < -0.3 is 9.73 Å². The molecule has 0 bridgehead atoms. The number of benzene rings is 3. The molecular formula is C26H21N3O2S. The van der Waals surface area contributed by atoms with E-state index in [0.29, 0.717) is 34.9 Å². The zero-order valence-electron chi connectivity index (χ0n) is 17.3. The predicted octanol–water partition coefficient (Wildman–Crippen LogP) is 5.54. The van der Waals surface area contributed by atoms with Crippen molar-refractivity contribution in [2.75, 3.05) is 12.3 Å². The Bertz CT molecular complexity index is 1250. The summed E-state index contributed by atoms with van der Waals surface area (Å²) in [6.45, 7) is 0.521. The van der Waals surface area contributed by atoms with Gasteiger partial charge >= 0.3 is 0 Å². The smallest absolute Gasteiger partial charge is 0.252 e. The molecular weight excluding hydrogens is 418 g/mol. The number of thioether (sulfide) groups is 1. The molecule has 0 saturated carbocycles. The Morgan fingerprint density at radius 3 is 2.59 bits per heavy atom. The summed E-state index contributed by atoms with van der Waals surface area (Å²) in [5.41, 5.74) is 3.81. The molecule has 0 saturated heterocycles. The number of aromatic nitrogens is 1. The molecule has 1 amide bonds. The van der Waals surface area contributed by atoms with Gasteiger partial charge in [0.2, 0.25) is 5.89 Å². The first-order chi connectivity index (χ1) is 15.8. The maximum atomic E-state index is 12.8. The van der Waals surface area contributed by atoms with Crippen LogP contribution in [0.4, 0.5) is 0 Å². The van der Waals surface area contributed by atoms with Gasteiger partial charge in [0.1, 0.15) is 0 Å². The van der Waals surface area contributed by atoms with Gasteiger partial charge in [0.15, 0.2) is 5.76 Å². The molecule has 4 rings (SSSR count). The van der Waals surface area contributed by atoms with Crippen LogP contribution in [0, 0.1) is 11.3 Å². The van der Waals surface area contributed by atoms with Gasteiger partial charge in [0, 0.05) is 29.2 Å². The molecule has 0 aliphatic rings. The summed E-state index contributed by atoms with van der Waals surface area (Å²) < 4.78 is 5.94. The molecule has 1 heterocycles. The maximum absolute atomic E-state index is 12.8. The van der Waals surface area contributed by atoms with Gasteiger partial charge in [-0.15, -0.1) is 0 Å². The largest absolute Gasteiger partial charge is 0.436 e. The number of hydrogen-bond donors (Lipinski definition) is 1. The lowest BCUT2D eigenvalue weighted by Gasteiger charge is -2.09. The summed E-state index contributed by atoms with van der Waals surface area (Å²) in [6.07, 6.45) is 1.68. The first-order valence-corrected chi connectivity index (χ1v) is 11.4. The SMILES string of the molecule is N#Cc1ccccc1CSCCNC(=O)c1ccccc1-c1ncc(-c2ccccc2)o1. The quantitative estimate of drug-likeness (QED) is 0.365. The van der Waals surface area contributed by atoms with Gasteiger partial charge in [-0.1, -0.05) is 60.7 Å². The second kappa shape index (κ2) is 10.5. The molecule has 0 aliphatic heterocycles. The zero-order valence-corrected chi connectivity index (χ0v) is 18.1. The van der Waals surface area contributed by atoms with E-state index in [1.807, 2.05) is 72.8 Å². The van der Waals surface area contributed by atoms with Gasteiger partial charge in [0.05, 0.1) is 23.4 Å². The molecule has 158 valence electrons. The van der Waals surface area contributed by atoms with Crippen LogP contribution in [0.15, 0.2) is 89.5 Å². The Hall–Kier alpha value is -3.82. The number of carbonyl (C=O) groups is 1. The lowest BCUT2D eigenvalue weighted by Crippen LogP contribution is -2.26. The van der Waals surface area contributed by atoms with Gasteiger partial charge in [-0.05, 0) is 23.8 Å². The van der Waals surface area contributed by atoms with E-state index in [1.54, 1.807) is 24.0 Å². The van der Waals surface area contributed by atoms with E-state index in [0.717, 1.165) is 22.6 Å². The fourth-order valence-electron chi connectivity index (χ4n) is 3.27. The molecule has 0 spiro atoms. The summed E-state index contributed by atoms with van der Waals surface area (Å²) >= 11 is 1.68. The van der Waals surface area contributed by atoms with E-state index in [1.165, 1.54) is 0 Å². The van der Waals surface area contributed by atoms with Crippen LogP contribution in [0.1, 0.15) is 21.5 Å². The second-order valence-electron chi connectivity index (χ2n) is 7.02. The summed E-state index contributed by atoms with van der Waals surface area (Å²) in [7, 11) is 0. The van der Waals surface area contributed by atoms with Crippen molar-refractivity contribution in [3.05, 3.63) is 102 Å². The Balaban J connectivity index is 1.37. The summed E-state index contributed by atoms with van der Waals surface area (Å²) in [5, 5.41) is 12.1. The van der Waals surface area contributed by atoms with Crippen molar-refractivity contribution >= 4 is 17.7 Å². The third-order valence-electron chi connectivity index (χ3n) is 4.89. The van der Waals surface area contributed by atoms with Crippen LogP contribution in [0.2, 0.25) is 0 Å².